The molecule has 1 aliphatic heterocycles. The molecule has 0 saturated carbocycles. The molecule has 1 aromatic carbocycles. The first-order chi connectivity index (χ1) is 10.8. The monoisotopic (exact) mass is 327 g/mol. The van der Waals surface area contributed by atoms with E-state index in [1.54, 1.807) is 30.3 Å². The third-order valence-corrected chi connectivity index (χ3v) is 3.96. The van der Waals surface area contributed by atoms with Gasteiger partial charge in [-0.05, 0) is 18.4 Å². The molecule has 2 rings (SSSR count). The highest BCUT2D eigenvalue weighted by Gasteiger charge is 2.46. The number of benzene rings is 1. The lowest BCUT2D eigenvalue weighted by molar-refractivity contribution is -0.147. The second kappa shape index (κ2) is 6.93. The van der Waals surface area contributed by atoms with Gasteiger partial charge in [0.05, 0.1) is 12.0 Å². The fraction of sp³-hybridized carbons (Fsp3) is 0.500. The summed E-state index contributed by atoms with van der Waals surface area (Å²) in [4.78, 5) is 24.1. The molecule has 0 aromatic heterocycles. The summed E-state index contributed by atoms with van der Waals surface area (Å²) in [6, 6.07) is 7.49. The highest BCUT2D eigenvalue weighted by atomic mass is 19.3. The van der Waals surface area contributed by atoms with Crippen LogP contribution in [0.25, 0.3) is 0 Å². The number of halogens is 2. The number of hydrogen-bond acceptors (Lipinski definition) is 3. The largest absolute Gasteiger partial charge is 0.481 e. The summed E-state index contributed by atoms with van der Waals surface area (Å²) >= 11 is 0. The molecule has 1 aromatic rings. The van der Waals surface area contributed by atoms with Crippen molar-refractivity contribution in [1.29, 1.82) is 0 Å². The number of aliphatic carboxylic acids is 1. The van der Waals surface area contributed by atoms with Crippen molar-refractivity contribution in [3.8, 4) is 0 Å². The second-order valence-electron chi connectivity index (χ2n) is 5.78. The Kier molecular flexibility index (Phi) is 5.18. The van der Waals surface area contributed by atoms with Crippen molar-refractivity contribution in [2.75, 3.05) is 6.54 Å². The first-order valence-corrected chi connectivity index (χ1v) is 7.37. The Balaban J connectivity index is 2.07. The van der Waals surface area contributed by atoms with Gasteiger partial charge in [0.25, 0.3) is 5.92 Å². The lowest BCUT2D eigenvalue weighted by atomic mass is 9.90. The predicted molar refractivity (Wildman–Crippen MR) is 78.1 cm³/mol. The SMILES string of the molecule is CC(F)(F)[C@H]1CC[C@@H](C(=O)O)CN1C(=O)OCc1ccccc1. The van der Waals surface area contributed by atoms with Gasteiger partial charge in [-0.15, -0.1) is 0 Å². The van der Waals surface area contributed by atoms with E-state index < -0.39 is 29.9 Å². The van der Waals surface area contributed by atoms with E-state index in [4.69, 9.17) is 9.84 Å². The normalized spacial score (nSPS) is 21.8. The van der Waals surface area contributed by atoms with Gasteiger partial charge in [-0.3, -0.25) is 9.69 Å². The van der Waals surface area contributed by atoms with Crippen LogP contribution < -0.4 is 0 Å². The molecular formula is C16H19F2NO4. The van der Waals surface area contributed by atoms with Crippen molar-refractivity contribution in [2.45, 2.75) is 38.3 Å². The highest BCUT2D eigenvalue weighted by molar-refractivity contribution is 5.73. The molecule has 5 nitrogen and oxygen atoms in total. The molecule has 126 valence electrons. The van der Waals surface area contributed by atoms with Crippen LogP contribution in [-0.2, 0) is 16.1 Å². The lowest BCUT2D eigenvalue weighted by Gasteiger charge is -2.40. The summed E-state index contributed by atoms with van der Waals surface area (Å²) in [6.07, 6.45) is -0.862. The van der Waals surface area contributed by atoms with Crippen molar-refractivity contribution in [3.05, 3.63) is 35.9 Å². The van der Waals surface area contributed by atoms with Gasteiger partial charge in [0, 0.05) is 13.5 Å². The number of piperidine rings is 1. The Morgan fingerprint density at radius 1 is 1.30 bits per heavy atom. The van der Waals surface area contributed by atoms with Gasteiger partial charge >= 0.3 is 12.1 Å². The first-order valence-electron chi connectivity index (χ1n) is 7.37. The summed E-state index contributed by atoms with van der Waals surface area (Å²) in [6.45, 7) is 0.420. The number of alkyl halides is 2. The molecule has 1 N–H and O–H groups in total. The molecule has 23 heavy (non-hydrogen) atoms. The van der Waals surface area contributed by atoms with Crippen LogP contribution in [0.5, 0.6) is 0 Å². The number of hydrogen-bond donors (Lipinski definition) is 1. The summed E-state index contributed by atoms with van der Waals surface area (Å²) in [5.74, 6) is -5.06. The number of carboxylic acids is 1. The average Bonchev–Trinajstić information content (AvgIpc) is 2.52. The second-order valence-corrected chi connectivity index (χ2v) is 5.78. The molecule has 1 aliphatic rings. The number of likely N-dealkylation sites (tertiary alicyclic amines) is 1. The minimum Gasteiger partial charge on any atom is -0.481 e. The van der Waals surface area contributed by atoms with Crippen LogP contribution in [0.2, 0.25) is 0 Å². The number of carbonyl (C=O) groups is 2. The Hall–Kier alpha value is -2.18. The van der Waals surface area contributed by atoms with Gasteiger partial charge in [-0.1, -0.05) is 30.3 Å². The van der Waals surface area contributed by atoms with Crippen molar-refractivity contribution in [3.63, 3.8) is 0 Å². The number of ether oxygens (including phenoxy) is 1. The number of carbonyl (C=O) groups excluding carboxylic acids is 1. The maximum atomic E-state index is 13.7. The van der Waals surface area contributed by atoms with E-state index in [-0.39, 0.29) is 26.0 Å². The van der Waals surface area contributed by atoms with E-state index in [1.807, 2.05) is 0 Å². The molecule has 1 fully saturated rings. The van der Waals surface area contributed by atoms with Crippen LogP contribution >= 0.6 is 0 Å². The summed E-state index contributed by atoms with van der Waals surface area (Å²) in [7, 11) is 0. The topological polar surface area (TPSA) is 66.8 Å². The van der Waals surface area contributed by atoms with E-state index in [0.717, 1.165) is 17.4 Å². The lowest BCUT2D eigenvalue weighted by Crippen LogP contribution is -2.55. The molecule has 0 aliphatic carbocycles. The molecule has 1 amide bonds. The molecule has 0 radical (unpaired) electrons. The van der Waals surface area contributed by atoms with Gasteiger partial charge < -0.3 is 9.84 Å². The number of rotatable bonds is 4. The summed E-state index contributed by atoms with van der Waals surface area (Å²) < 4.78 is 32.5. The van der Waals surface area contributed by atoms with Gasteiger partial charge in [0.2, 0.25) is 0 Å². The minimum absolute atomic E-state index is 0.0457. The van der Waals surface area contributed by atoms with E-state index in [2.05, 4.69) is 0 Å². The molecule has 1 heterocycles. The minimum atomic E-state index is -3.12. The van der Waals surface area contributed by atoms with Crippen molar-refractivity contribution >= 4 is 12.1 Å². The van der Waals surface area contributed by atoms with Crippen molar-refractivity contribution in [2.24, 2.45) is 5.92 Å². The molecule has 2 atom stereocenters. The summed E-state index contributed by atoms with van der Waals surface area (Å²) in [5, 5.41) is 9.07. The van der Waals surface area contributed by atoms with Crippen LogP contribution in [0.15, 0.2) is 30.3 Å². The zero-order valence-corrected chi connectivity index (χ0v) is 12.7. The third-order valence-electron chi connectivity index (χ3n) is 3.96. The van der Waals surface area contributed by atoms with E-state index >= 15 is 0 Å². The molecule has 1 saturated heterocycles. The van der Waals surface area contributed by atoms with Gasteiger partial charge in [0.1, 0.15) is 6.61 Å². The fourth-order valence-corrected chi connectivity index (χ4v) is 2.70. The number of carboxylic acid groups (broad SMARTS) is 1. The van der Waals surface area contributed by atoms with E-state index in [9.17, 15) is 18.4 Å². The quantitative estimate of drug-likeness (QED) is 0.922. The molecule has 0 spiro atoms. The number of amides is 1. The van der Waals surface area contributed by atoms with Gasteiger partial charge in [-0.25, -0.2) is 13.6 Å². The fourth-order valence-electron chi connectivity index (χ4n) is 2.70. The van der Waals surface area contributed by atoms with E-state index in [0.29, 0.717) is 0 Å². The van der Waals surface area contributed by atoms with Gasteiger partial charge in [0.15, 0.2) is 0 Å². The summed E-state index contributed by atoms with van der Waals surface area (Å²) in [5.41, 5.74) is 0.729. The number of nitrogens with zero attached hydrogens (tertiary/aromatic N) is 1. The molecule has 0 unspecified atom stereocenters. The van der Waals surface area contributed by atoms with E-state index in [1.165, 1.54) is 0 Å². The van der Waals surface area contributed by atoms with Crippen molar-refractivity contribution in [1.82, 2.24) is 4.90 Å². The maximum absolute atomic E-state index is 13.7. The predicted octanol–water partition coefficient (Wildman–Crippen LogP) is 3.14. The zero-order chi connectivity index (χ0) is 17.0. The van der Waals surface area contributed by atoms with Crippen LogP contribution in [0.4, 0.5) is 13.6 Å². The van der Waals surface area contributed by atoms with Crippen LogP contribution in [0.3, 0.4) is 0 Å². The smallest absolute Gasteiger partial charge is 0.410 e. The van der Waals surface area contributed by atoms with Crippen LogP contribution in [-0.4, -0.2) is 40.6 Å². The average molecular weight is 327 g/mol. The maximum Gasteiger partial charge on any atom is 0.410 e. The molecule has 0 bridgehead atoms. The molecular weight excluding hydrogens is 308 g/mol. The van der Waals surface area contributed by atoms with Gasteiger partial charge in [-0.2, -0.15) is 0 Å². The van der Waals surface area contributed by atoms with Crippen LogP contribution in [0, 0.1) is 5.92 Å². The Morgan fingerprint density at radius 2 is 1.96 bits per heavy atom. The Labute approximate surface area is 132 Å². The van der Waals surface area contributed by atoms with Crippen molar-refractivity contribution < 1.29 is 28.2 Å². The highest BCUT2D eigenvalue weighted by Crippen LogP contribution is 2.33. The third kappa shape index (κ3) is 4.40. The zero-order valence-electron chi connectivity index (χ0n) is 12.7. The van der Waals surface area contributed by atoms with Crippen LogP contribution in [0.1, 0.15) is 25.3 Å². The Morgan fingerprint density at radius 3 is 2.52 bits per heavy atom. The molecule has 7 heteroatoms. The Bertz CT molecular complexity index is 559. The standard InChI is InChI=1S/C16H19F2NO4/c1-16(17,18)13-8-7-12(14(20)21)9-19(13)15(22)23-10-11-5-3-2-4-6-11/h2-6,12-13H,7-10H2,1H3,(H,20,21)/t12-,13-/m1/s1. The first kappa shape index (κ1) is 17.2.